The van der Waals surface area contributed by atoms with Gasteiger partial charge in [0.05, 0.1) is 16.3 Å². The molecule has 5 aromatic rings. The number of aromatic nitrogens is 2. The van der Waals surface area contributed by atoms with Gasteiger partial charge in [0.2, 0.25) is 0 Å². The van der Waals surface area contributed by atoms with Crippen LogP contribution in [0.1, 0.15) is 34.0 Å². The minimum Gasteiger partial charge on any atom is -0.351 e. The molecular formula is C31H25ClN4O3. The first-order valence-corrected chi connectivity index (χ1v) is 12.9. The molecule has 0 atom stereocenters. The maximum Gasteiger partial charge on any atom is 0.270 e. The van der Waals surface area contributed by atoms with Gasteiger partial charge < -0.3 is 5.32 Å². The SMILES string of the molecule is O=C(NCCC(c1ccccc1)c1ccccc1)c1cc(-c2ccc([N+](=O)[O-])cc2)nn1-c1cccc(Cl)c1. The molecule has 7 nitrogen and oxygen atoms in total. The van der Waals surface area contributed by atoms with Crippen molar-refractivity contribution < 1.29 is 9.72 Å². The number of benzene rings is 4. The van der Waals surface area contributed by atoms with Crippen LogP contribution in [0.2, 0.25) is 5.02 Å². The molecule has 0 radical (unpaired) electrons. The van der Waals surface area contributed by atoms with Crippen LogP contribution in [0.5, 0.6) is 0 Å². The van der Waals surface area contributed by atoms with Crippen molar-refractivity contribution in [3.05, 3.63) is 147 Å². The third-order valence-electron chi connectivity index (χ3n) is 6.49. The fourth-order valence-corrected chi connectivity index (χ4v) is 4.74. The highest BCUT2D eigenvalue weighted by molar-refractivity contribution is 6.30. The van der Waals surface area contributed by atoms with Crippen LogP contribution in [0.3, 0.4) is 0 Å². The van der Waals surface area contributed by atoms with E-state index in [1.54, 1.807) is 41.1 Å². The van der Waals surface area contributed by atoms with E-state index < -0.39 is 4.92 Å². The number of hydrogen-bond acceptors (Lipinski definition) is 4. The first kappa shape index (κ1) is 25.9. The Labute approximate surface area is 230 Å². The second-order valence-corrected chi connectivity index (χ2v) is 9.47. The molecule has 0 unspecified atom stereocenters. The zero-order chi connectivity index (χ0) is 27.2. The number of amides is 1. The van der Waals surface area contributed by atoms with Crippen molar-refractivity contribution >= 4 is 23.2 Å². The van der Waals surface area contributed by atoms with Crippen LogP contribution in [-0.4, -0.2) is 27.2 Å². The first-order valence-electron chi connectivity index (χ1n) is 12.5. The highest BCUT2D eigenvalue weighted by atomic mass is 35.5. The molecule has 39 heavy (non-hydrogen) atoms. The lowest BCUT2D eigenvalue weighted by atomic mass is 9.88. The third-order valence-corrected chi connectivity index (χ3v) is 6.73. The van der Waals surface area contributed by atoms with Gasteiger partial charge in [0.25, 0.3) is 11.6 Å². The van der Waals surface area contributed by atoms with Crippen LogP contribution in [0, 0.1) is 10.1 Å². The van der Waals surface area contributed by atoms with E-state index in [9.17, 15) is 14.9 Å². The monoisotopic (exact) mass is 536 g/mol. The standard InChI is InChI=1S/C31H25ClN4O3/c32-25-12-7-13-27(20-25)35-30(21-29(34-35)24-14-16-26(17-15-24)36(38)39)31(37)33-19-18-28(22-8-3-1-4-9-22)23-10-5-2-6-11-23/h1-17,20-21,28H,18-19H2,(H,33,37). The second-order valence-electron chi connectivity index (χ2n) is 9.03. The molecule has 1 aromatic heterocycles. The van der Waals surface area contributed by atoms with E-state index in [2.05, 4.69) is 34.7 Å². The van der Waals surface area contributed by atoms with Crippen LogP contribution in [-0.2, 0) is 0 Å². The van der Waals surface area contributed by atoms with Gasteiger partial charge in [-0.3, -0.25) is 14.9 Å². The van der Waals surface area contributed by atoms with Crippen LogP contribution in [0.25, 0.3) is 16.9 Å². The number of hydrogen-bond donors (Lipinski definition) is 1. The van der Waals surface area contributed by atoms with Crippen molar-refractivity contribution in [2.75, 3.05) is 6.54 Å². The maximum atomic E-state index is 13.5. The summed E-state index contributed by atoms with van der Waals surface area (Å²) >= 11 is 6.23. The predicted octanol–water partition coefficient (Wildman–Crippen LogP) is 7.05. The van der Waals surface area contributed by atoms with Gasteiger partial charge in [0, 0.05) is 35.2 Å². The molecule has 1 heterocycles. The van der Waals surface area contributed by atoms with Crippen LogP contribution >= 0.6 is 11.6 Å². The molecule has 0 saturated heterocycles. The van der Waals surface area contributed by atoms with Crippen molar-refractivity contribution in [3.63, 3.8) is 0 Å². The van der Waals surface area contributed by atoms with E-state index >= 15 is 0 Å². The fraction of sp³-hybridized carbons (Fsp3) is 0.0968. The van der Waals surface area contributed by atoms with Gasteiger partial charge in [0.1, 0.15) is 5.69 Å². The van der Waals surface area contributed by atoms with Crippen LogP contribution in [0.15, 0.2) is 115 Å². The third kappa shape index (κ3) is 6.05. The topological polar surface area (TPSA) is 90.1 Å². The van der Waals surface area contributed by atoms with Gasteiger partial charge in [-0.1, -0.05) is 78.3 Å². The summed E-state index contributed by atoms with van der Waals surface area (Å²) in [7, 11) is 0. The van der Waals surface area contributed by atoms with Gasteiger partial charge in [-0.2, -0.15) is 5.10 Å². The van der Waals surface area contributed by atoms with Gasteiger partial charge >= 0.3 is 0 Å². The largest absolute Gasteiger partial charge is 0.351 e. The van der Waals surface area contributed by atoms with Crippen molar-refractivity contribution in [3.8, 4) is 16.9 Å². The zero-order valence-electron chi connectivity index (χ0n) is 20.9. The van der Waals surface area contributed by atoms with Crippen molar-refractivity contribution in [1.29, 1.82) is 0 Å². The molecule has 0 spiro atoms. The molecule has 8 heteroatoms. The van der Waals surface area contributed by atoms with Crippen molar-refractivity contribution in [2.24, 2.45) is 0 Å². The minimum atomic E-state index is -0.453. The molecule has 0 saturated carbocycles. The number of nitrogens with zero attached hydrogens (tertiary/aromatic N) is 3. The molecule has 1 N–H and O–H groups in total. The van der Waals surface area contributed by atoms with Gasteiger partial charge in [0.15, 0.2) is 0 Å². The second kappa shape index (κ2) is 11.8. The molecule has 4 aromatic carbocycles. The summed E-state index contributed by atoms with van der Waals surface area (Å²) in [4.78, 5) is 24.1. The fourth-order valence-electron chi connectivity index (χ4n) is 4.56. The van der Waals surface area contributed by atoms with Crippen LogP contribution in [0.4, 0.5) is 5.69 Å². The smallest absolute Gasteiger partial charge is 0.270 e. The average Bonchev–Trinajstić information content (AvgIpc) is 3.42. The lowest BCUT2D eigenvalue weighted by Crippen LogP contribution is -2.28. The zero-order valence-corrected chi connectivity index (χ0v) is 21.7. The lowest BCUT2D eigenvalue weighted by molar-refractivity contribution is -0.384. The molecule has 0 aliphatic rings. The molecule has 5 rings (SSSR count). The summed E-state index contributed by atoms with van der Waals surface area (Å²) in [6, 6.07) is 35.3. The quantitative estimate of drug-likeness (QED) is 0.161. The maximum absolute atomic E-state index is 13.5. The predicted molar refractivity (Wildman–Crippen MR) is 152 cm³/mol. The van der Waals surface area contributed by atoms with Crippen molar-refractivity contribution in [2.45, 2.75) is 12.3 Å². The molecule has 0 fully saturated rings. The van der Waals surface area contributed by atoms with E-state index in [1.807, 2.05) is 42.5 Å². The normalized spacial score (nSPS) is 10.9. The molecule has 0 bridgehead atoms. The van der Waals surface area contributed by atoms with E-state index in [-0.39, 0.29) is 17.5 Å². The number of carbonyl (C=O) groups is 1. The van der Waals surface area contributed by atoms with E-state index in [1.165, 1.54) is 23.3 Å². The lowest BCUT2D eigenvalue weighted by Gasteiger charge is -2.18. The van der Waals surface area contributed by atoms with Crippen molar-refractivity contribution in [1.82, 2.24) is 15.1 Å². The summed E-state index contributed by atoms with van der Waals surface area (Å²) in [6.45, 7) is 0.445. The Morgan fingerprint density at radius 1 is 0.872 bits per heavy atom. The van der Waals surface area contributed by atoms with E-state index in [0.717, 1.165) is 0 Å². The van der Waals surface area contributed by atoms with E-state index in [0.29, 0.717) is 40.6 Å². The summed E-state index contributed by atoms with van der Waals surface area (Å²) in [5.74, 6) is -0.156. The Morgan fingerprint density at radius 3 is 2.10 bits per heavy atom. The Kier molecular flexibility index (Phi) is 7.80. The number of rotatable bonds is 9. The summed E-state index contributed by atoms with van der Waals surface area (Å²) in [5.41, 5.74) is 4.49. The number of nitro benzene ring substituents is 1. The summed E-state index contributed by atoms with van der Waals surface area (Å²) in [5, 5.41) is 19.3. The molecular weight excluding hydrogens is 512 g/mol. The van der Waals surface area contributed by atoms with Gasteiger partial charge in [-0.05, 0) is 53.9 Å². The Bertz CT molecular complexity index is 1550. The van der Waals surface area contributed by atoms with Gasteiger partial charge in [-0.25, -0.2) is 4.68 Å². The average molecular weight is 537 g/mol. The Morgan fingerprint density at radius 2 is 1.51 bits per heavy atom. The number of nitrogens with one attached hydrogen (secondary N) is 1. The first-order chi connectivity index (χ1) is 19.0. The molecule has 0 aliphatic carbocycles. The molecule has 194 valence electrons. The number of carbonyl (C=O) groups excluding carboxylic acids is 1. The summed E-state index contributed by atoms with van der Waals surface area (Å²) in [6.07, 6.45) is 0.709. The van der Waals surface area contributed by atoms with Gasteiger partial charge in [-0.15, -0.1) is 0 Å². The molecule has 1 amide bonds. The Balaban J connectivity index is 1.41. The number of nitro groups is 1. The highest BCUT2D eigenvalue weighted by Crippen LogP contribution is 2.28. The summed E-state index contributed by atoms with van der Waals surface area (Å²) < 4.78 is 1.55. The molecule has 0 aliphatic heterocycles. The Hall–Kier alpha value is -4.75. The van der Waals surface area contributed by atoms with Crippen LogP contribution < -0.4 is 5.32 Å². The van der Waals surface area contributed by atoms with E-state index in [4.69, 9.17) is 11.6 Å². The minimum absolute atomic E-state index is 0.0163. The number of non-ortho nitro benzene ring substituents is 1. The highest BCUT2D eigenvalue weighted by Gasteiger charge is 2.20. The number of halogens is 1.